The molecule has 1 amide bonds. The zero-order valence-corrected chi connectivity index (χ0v) is 16.6. The Labute approximate surface area is 169 Å². The monoisotopic (exact) mass is 422 g/mol. The number of anilines is 1. The van der Waals surface area contributed by atoms with Crippen molar-refractivity contribution in [2.45, 2.75) is 38.0 Å². The van der Waals surface area contributed by atoms with E-state index in [0.29, 0.717) is 32.5 Å². The van der Waals surface area contributed by atoms with Crippen LogP contribution in [0.4, 0.5) is 5.13 Å². The van der Waals surface area contributed by atoms with Crippen molar-refractivity contribution in [3.63, 3.8) is 0 Å². The highest BCUT2D eigenvalue weighted by atomic mass is 35.5. The molecular formula is C18H16Cl2N4O2S. The van der Waals surface area contributed by atoms with Crippen LogP contribution in [0.15, 0.2) is 28.9 Å². The lowest BCUT2D eigenvalue weighted by molar-refractivity contribution is 0.102. The van der Waals surface area contributed by atoms with Crippen molar-refractivity contribution >= 4 is 45.6 Å². The molecule has 2 aromatic heterocycles. The van der Waals surface area contributed by atoms with Crippen LogP contribution < -0.4 is 5.32 Å². The molecule has 1 aliphatic carbocycles. The number of amides is 1. The van der Waals surface area contributed by atoms with E-state index in [2.05, 4.69) is 20.5 Å². The Morgan fingerprint density at radius 3 is 2.74 bits per heavy atom. The molecule has 0 spiro atoms. The van der Waals surface area contributed by atoms with Crippen LogP contribution in [0.1, 0.15) is 53.5 Å². The minimum Gasteiger partial charge on any atom is -0.444 e. The summed E-state index contributed by atoms with van der Waals surface area (Å²) in [6.07, 6.45) is 7.31. The molecule has 4 rings (SSSR count). The minimum absolute atomic E-state index is 0.158. The quantitative estimate of drug-likeness (QED) is 0.574. The fraction of sp³-hybridized carbons (Fsp3) is 0.333. The first-order chi connectivity index (χ1) is 13.1. The zero-order valence-electron chi connectivity index (χ0n) is 14.2. The van der Waals surface area contributed by atoms with Crippen LogP contribution in [-0.2, 0) is 0 Å². The maximum absolute atomic E-state index is 12.4. The molecule has 1 aromatic carbocycles. The lowest BCUT2D eigenvalue weighted by atomic mass is 9.90. The smallest absolute Gasteiger partial charge is 0.279 e. The van der Waals surface area contributed by atoms with E-state index in [4.69, 9.17) is 27.6 Å². The van der Waals surface area contributed by atoms with Crippen LogP contribution in [0.3, 0.4) is 0 Å². The normalized spacial score (nSPS) is 15.0. The third kappa shape index (κ3) is 4.15. The molecule has 27 heavy (non-hydrogen) atoms. The molecule has 0 unspecified atom stereocenters. The highest BCUT2D eigenvalue weighted by molar-refractivity contribution is 7.15. The van der Waals surface area contributed by atoms with Gasteiger partial charge in [0.2, 0.25) is 11.0 Å². The summed E-state index contributed by atoms with van der Waals surface area (Å²) in [5, 5.41) is 13.4. The van der Waals surface area contributed by atoms with Crippen molar-refractivity contribution in [2.75, 3.05) is 5.32 Å². The standard InChI is InChI=1S/C18H16Cl2N4O2S/c19-12-7-6-11(8-13(12)20)16-21-14(9-26-16)15(25)22-18-24-23-17(27-18)10-4-2-1-3-5-10/h6-10H,1-5H2,(H,22,24,25). The summed E-state index contributed by atoms with van der Waals surface area (Å²) in [4.78, 5) is 16.6. The molecule has 2 heterocycles. The summed E-state index contributed by atoms with van der Waals surface area (Å²) >= 11 is 13.3. The summed E-state index contributed by atoms with van der Waals surface area (Å²) in [5.74, 6) is 0.352. The second-order valence-electron chi connectivity index (χ2n) is 6.40. The fourth-order valence-corrected chi connectivity index (χ4v) is 4.31. The molecule has 0 saturated heterocycles. The first kappa shape index (κ1) is 18.4. The molecule has 9 heteroatoms. The third-order valence-electron chi connectivity index (χ3n) is 4.52. The molecule has 1 N–H and O–H groups in total. The first-order valence-electron chi connectivity index (χ1n) is 8.66. The van der Waals surface area contributed by atoms with Crippen molar-refractivity contribution in [3.05, 3.63) is 45.2 Å². The highest BCUT2D eigenvalue weighted by Gasteiger charge is 2.21. The Morgan fingerprint density at radius 1 is 1.15 bits per heavy atom. The third-order valence-corrected chi connectivity index (χ3v) is 6.26. The van der Waals surface area contributed by atoms with Gasteiger partial charge in [-0.3, -0.25) is 10.1 Å². The number of hydrogen-bond donors (Lipinski definition) is 1. The van der Waals surface area contributed by atoms with Gasteiger partial charge in [-0.1, -0.05) is 53.8 Å². The van der Waals surface area contributed by atoms with Gasteiger partial charge in [-0.05, 0) is 31.0 Å². The Balaban J connectivity index is 1.45. The van der Waals surface area contributed by atoms with Crippen LogP contribution in [0.2, 0.25) is 10.0 Å². The zero-order chi connectivity index (χ0) is 18.8. The van der Waals surface area contributed by atoms with Gasteiger partial charge in [0.1, 0.15) is 11.3 Å². The van der Waals surface area contributed by atoms with E-state index in [1.807, 2.05) is 0 Å². The van der Waals surface area contributed by atoms with E-state index in [-0.39, 0.29) is 5.69 Å². The van der Waals surface area contributed by atoms with E-state index in [0.717, 1.165) is 17.8 Å². The molecule has 0 bridgehead atoms. The number of carbonyl (C=O) groups is 1. The molecule has 1 saturated carbocycles. The van der Waals surface area contributed by atoms with Crippen LogP contribution in [-0.4, -0.2) is 21.1 Å². The molecule has 0 atom stereocenters. The topological polar surface area (TPSA) is 80.9 Å². The summed E-state index contributed by atoms with van der Waals surface area (Å²) < 4.78 is 5.40. The molecule has 1 fully saturated rings. The fourth-order valence-electron chi connectivity index (χ4n) is 3.10. The van der Waals surface area contributed by atoms with Crippen LogP contribution in [0, 0.1) is 0 Å². The van der Waals surface area contributed by atoms with Gasteiger partial charge in [-0.15, -0.1) is 10.2 Å². The van der Waals surface area contributed by atoms with Gasteiger partial charge in [0.15, 0.2) is 5.69 Å². The summed E-state index contributed by atoms with van der Waals surface area (Å²) in [7, 11) is 0. The van der Waals surface area contributed by atoms with Gasteiger partial charge >= 0.3 is 0 Å². The molecule has 6 nitrogen and oxygen atoms in total. The number of halogens is 2. The van der Waals surface area contributed by atoms with Crippen molar-refractivity contribution in [3.8, 4) is 11.5 Å². The van der Waals surface area contributed by atoms with Gasteiger partial charge in [0.25, 0.3) is 5.91 Å². The predicted molar refractivity (Wildman–Crippen MR) is 106 cm³/mol. The number of carbonyl (C=O) groups excluding carboxylic acids is 1. The predicted octanol–water partition coefficient (Wildman–Crippen LogP) is 5.80. The van der Waals surface area contributed by atoms with Crippen LogP contribution in [0.5, 0.6) is 0 Å². The molecular weight excluding hydrogens is 407 g/mol. The minimum atomic E-state index is -0.392. The number of benzene rings is 1. The van der Waals surface area contributed by atoms with E-state index in [1.165, 1.54) is 36.9 Å². The first-order valence-corrected chi connectivity index (χ1v) is 10.2. The largest absolute Gasteiger partial charge is 0.444 e. The van der Waals surface area contributed by atoms with Gasteiger partial charge in [0, 0.05) is 11.5 Å². The molecule has 3 aromatic rings. The van der Waals surface area contributed by atoms with Crippen LogP contribution >= 0.6 is 34.5 Å². The van der Waals surface area contributed by atoms with E-state index < -0.39 is 5.91 Å². The van der Waals surface area contributed by atoms with Gasteiger partial charge in [0.05, 0.1) is 10.0 Å². The Bertz CT molecular complexity index is 966. The number of nitrogens with zero attached hydrogens (tertiary/aromatic N) is 3. The molecule has 1 aliphatic rings. The number of nitrogens with one attached hydrogen (secondary N) is 1. The van der Waals surface area contributed by atoms with E-state index in [9.17, 15) is 4.79 Å². The van der Waals surface area contributed by atoms with E-state index >= 15 is 0 Å². The number of oxazole rings is 1. The molecule has 0 aliphatic heterocycles. The number of hydrogen-bond acceptors (Lipinski definition) is 6. The Hall–Kier alpha value is -1.96. The van der Waals surface area contributed by atoms with Crippen molar-refractivity contribution in [1.82, 2.24) is 15.2 Å². The van der Waals surface area contributed by atoms with Crippen molar-refractivity contribution in [1.29, 1.82) is 0 Å². The summed E-state index contributed by atoms with van der Waals surface area (Å²) in [5.41, 5.74) is 0.796. The van der Waals surface area contributed by atoms with E-state index in [1.54, 1.807) is 18.2 Å². The lowest BCUT2D eigenvalue weighted by Crippen LogP contribution is -2.12. The summed E-state index contributed by atoms with van der Waals surface area (Å²) in [6.45, 7) is 0. The van der Waals surface area contributed by atoms with Crippen molar-refractivity contribution < 1.29 is 9.21 Å². The molecule has 140 valence electrons. The lowest BCUT2D eigenvalue weighted by Gasteiger charge is -2.18. The van der Waals surface area contributed by atoms with Crippen LogP contribution in [0.25, 0.3) is 11.5 Å². The van der Waals surface area contributed by atoms with Gasteiger partial charge in [-0.25, -0.2) is 4.98 Å². The number of rotatable bonds is 4. The SMILES string of the molecule is O=C(Nc1nnc(C2CCCCC2)s1)c1coc(-c2ccc(Cl)c(Cl)c2)n1. The van der Waals surface area contributed by atoms with Gasteiger partial charge < -0.3 is 4.42 Å². The average Bonchev–Trinajstić information content (AvgIpc) is 3.34. The Kier molecular flexibility index (Phi) is 5.43. The maximum atomic E-state index is 12.4. The summed E-state index contributed by atoms with van der Waals surface area (Å²) in [6, 6.07) is 5.01. The maximum Gasteiger partial charge on any atom is 0.279 e. The second kappa shape index (κ2) is 7.96. The van der Waals surface area contributed by atoms with Crippen molar-refractivity contribution in [2.24, 2.45) is 0 Å². The highest BCUT2D eigenvalue weighted by Crippen LogP contribution is 2.35. The molecule has 0 radical (unpaired) electrons. The Morgan fingerprint density at radius 2 is 1.96 bits per heavy atom. The van der Waals surface area contributed by atoms with Gasteiger partial charge in [-0.2, -0.15) is 0 Å². The second-order valence-corrected chi connectivity index (χ2v) is 8.22. The average molecular weight is 423 g/mol. The number of aromatic nitrogens is 3.